The van der Waals surface area contributed by atoms with E-state index in [1.54, 1.807) is 6.08 Å². The van der Waals surface area contributed by atoms with Crippen LogP contribution in [-0.4, -0.2) is 104 Å². The highest BCUT2D eigenvalue weighted by Gasteiger charge is 2.39. The summed E-state index contributed by atoms with van der Waals surface area (Å²) < 4.78 is 40.3. The zero-order valence-corrected chi connectivity index (χ0v) is 43.1. The Morgan fingerprint density at radius 3 is 1.97 bits per heavy atom. The minimum atomic E-state index is -4.70. The van der Waals surface area contributed by atoms with E-state index in [-0.39, 0.29) is 44.3 Å². The number of rotatable bonds is 39. The minimum Gasteiger partial charge on any atom is -0.756 e. The SMILES string of the molecule is CCCCCc1oc(CCCCCCCCCCCCC(=O)O[C@H](COC(=O)CCC/C=C/C[C@@H]2[C@@H](/C=C/[C@@H](O)CCCCC)[C@H](O)C[C@@H]2O)COP(=O)([O-])OCC[N+](C)(C)C)c(C)c1C. The zero-order chi connectivity index (χ0) is 48.8. The van der Waals surface area contributed by atoms with E-state index in [4.69, 9.17) is 22.9 Å². The largest absolute Gasteiger partial charge is 0.756 e. The first-order valence-corrected chi connectivity index (χ1v) is 27.1. The van der Waals surface area contributed by atoms with Crippen LogP contribution in [0, 0.1) is 25.7 Å². The van der Waals surface area contributed by atoms with Gasteiger partial charge in [-0.25, -0.2) is 0 Å². The average Bonchev–Trinajstić information content (AvgIpc) is 3.68. The number of esters is 2. The second-order valence-corrected chi connectivity index (χ2v) is 21.1. The lowest BCUT2D eigenvalue weighted by Crippen LogP contribution is -2.37. The molecule has 382 valence electrons. The highest BCUT2D eigenvalue weighted by atomic mass is 31.2. The number of hydrogen-bond acceptors (Lipinski definition) is 12. The summed E-state index contributed by atoms with van der Waals surface area (Å²) in [7, 11) is 1.02. The van der Waals surface area contributed by atoms with Crippen molar-refractivity contribution in [1.82, 2.24) is 0 Å². The van der Waals surface area contributed by atoms with Gasteiger partial charge in [0.15, 0.2) is 6.10 Å². The predicted octanol–water partition coefficient (Wildman–Crippen LogP) is 10.1. The molecule has 2 rings (SSSR count). The molecular formula is C52H92NO12P. The normalized spacial score (nSPS) is 19.7. The van der Waals surface area contributed by atoms with Crippen LogP contribution in [-0.2, 0) is 45.5 Å². The highest BCUT2D eigenvalue weighted by molar-refractivity contribution is 7.45. The van der Waals surface area contributed by atoms with Crippen LogP contribution in [0.1, 0.15) is 184 Å². The van der Waals surface area contributed by atoms with Gasteiger partial charge in [-0.15, -0.1) is 0 Å². The van der Waals surface area contributed by atoms with E-state index in [9.17, 15) is 34.4 Å². The molecule has 0 bridgehead atoms. The van der Waals surface area contributed by atoms with Crippen molar-refractivity contribution in [3.8, 4) is 0 Å². The fraction of sp³-hybridized carbons (Fsp3) is 0.808. The number of likely N-dealkylation sites (N-methyl/N-ethyl adjacent to an activating group) is 1. The molecule has 66 heavy (non-hydrogen) atoms. The molecule has 0 amide bonds. The third-order valence-electron chi connectivity index (χ3n) is 12.7. The third-order valence-corrected chi connectivity index (χ3v) is 13.7. The van der Waals surface area contributed by atoms with Crippen LogP contribution >= 0.6 is 7.82 Å². The van der Waals surface area contributed by atoms with Crippen molar-refractivity contribution < 1.29 is 61.8 Å². The second-order valence-electron chi connectivity index (χ2n) is 19.7. The molecule has 1 unspecified atom stereocenters. The Morgan fingerprint density at radius 1 is 0.773 bits per heavy atom. The van der Waals surface area contributed by atoms with Gasteiger partial charge in [0.05, 0.1) is 46.1 Å². The molecular weight excluding hydrogens is 862 g/mol. The lowest BCUT2D eigenvalue weighted by atomic mass is 9.89. The van der Waals surface area contributed by atoms with E-state index in [0.717, 1.165) is 64.2 Å². The van der Waals surface area contributed by atoms with E-state index in [0.29, 0.717) is 43.1 Å². The molecule has 1 aromatic heterocycles. The Balaban J connectivity index is 1.71. The van der Waals surface area contributed by atoms with Gasteiger partial charge in [0, 0.05) is 38.0 Å². The number of phosphoric acid groups is 1. The number of ether oxygens (including phenoxy) is 2. The molecule has 0 aliphatic heterocycles. The number of aryl methyl sites for hydroxylation is 2. The van der Waals surface area contributed by atoms with Crippen molar-refractivity contribution in [1.29, 1.82) is 0 Å². The first kappa shape index (κ1) is 59.8. The van der Waals surface area contributed by atoms with Gasteiger partial charge in [0.1, 0.15) is 31.3 Å². The van der Waals surface area contributed by atoms with Gasteiger partial charge in [0.25, 0.3) is 7.82 Å². The summed E-state index contributed by atoms with van der Waals surface area (Å²) in [6, 6.07) is 0. The maximum Gasteiger partial charge on any atom is 0.306 e. The number of aliphatic hydroxyl groups is 3. The number of carbonyl (C=O) groups is 2. The lowest BCUT2D eigenvalue weighted by Gasteiger charge is -2.28. The maximum atomic E-state index is 12.8. The molecule has 3 N–H and O–H groups in total. The average molecular weight is 954 g/mol. The van der Waals surface area contributed by atoms with Crippen LogP contribution in [0.15, 0.2) is 28.7 Å². The van der Waals surface area contributed by atoms with Gasteiger partial charge in [0.2, 0.25) is 0 Å². The number of furan rings is 1. The van der Waals surface area contributed by atoms with E-state index in [1.165, 1.54) is 67.6 Å². The molecule has 1 saturated carbocycles. The van der Waals surface area contributed by atoms with Crippen molar-refractivity contribution in [3.63, 3.8) is 0 Å². The van der Waals surface area contributed by atoms with Crippen LogP contribution in [0.5, 0.6) is 0 Å². The third kappa shape index (κ3) is 27.0. The van der Waals surface area contributed by atoms with E-state index in [2.05, 4.69) is 27.7 Å². The molecule has 0 aromatic carbocycles. The molecule has 0 saturated heterocycles. The number of hydrogen-bond donors (Lipinski definition) is 3. The Labute approximate surface area is 399 Å². The molecule has 1 aliphatic carbocycles. The molecule has 1 aromatic rings. The van der Waals surface area contributed by atoms with Gasteiger partial charge < -0.3 is 47.6 Å². The monoisotopic (exact) mass is 954 g/mol. The molecule has 1 fully saturated rings. The van der Waals surface area contributed by atoms with Gasteiger partial charge in [-0.2, -0.15) is 0 Å². The van der Waals surface area contributed by atoms with Crippen molar-refractivity contribution in [2.24, 2.45) is 11.8 Å². The number of nitrogens with zero attached hydrogens (tertiary/aromatic N) is 1. The summed E-state index contributed by atoms with van der Waals surface area (Å²) in [5.74, 6) is 0.894. The maximum absolute atomic E-state index is 12.8. The topological polar surface area (TPSA) is 185 Å². The number of quaternary nitrogens is 1. The number of phosphoric ester groups is 1. The fourth-order valence-electron chi connectivity index (χ4n) is 8.36. The van der Waals surface area contributed by atoms with Crippen LogP contribution in [0.3, 0.4) is 0 Å². The predicted molar refractivity (Wildman–Crippen MR) is 260 cm³/mol. The highest BCUT2D eigenvalue weighted by Crippen LogP contribution is 2.39. The fourth-order valence-corrected chi connectivity index (χ4v) is 9.09. The quantitative estimate of drug-likeness (QED) is 0.0187. The van der Waals surface area contributed by atoms with Crippen molar-refractivity contribution >= 4 is 19.8 Å². The summed E-state index contributed by atoms with van der Waals surface area (Å²) in [5, 5.41) is 31.4. The number of unbranched alkanes of at least 4 members (excludes halogenated alkanes) is 14. The smallest absolute Gasteiger partial charge is 0.306 e. The lowest BCUT2D eigenvalue weighted by molar-refractivity contribution is -0.870. The molecule has 14 heteroatoms. The van der Waals surface area contributed by atoms with E-state index >= 15 is 0 Å². The summed E-state index contributed by atoms with van der Waals surface area (Å²) in [6.45, 7) is 8.19. The standard InChI is InChI=1S/C52H92NO12P/c1-8-10-22-28-43(54)34-35-46-45(47(55)38-48(46)56)29-24-20-21-26-32-51(57)61-39-44(40-63-66(59,60)62-37-36-53(5,6)7)64-52(58)33-27-19-17-15-13-12-14-16-18-25-31-50-42(4)41(3)49(65-50)30-23-11-9-2/h20,24,34-35,43-48,54-56H,8-19,21-23,25-33,36-40H2,1-7H3/b24-20+,35-34+/t43-,44+,45+,46+,47-,48+/m0/s1. The van der Waals surface area contributed by atoms with Crippen LogP contribution in [0.2, 0.25) is 0 Å². The molecule has 0 spiro atoms. The van der Waals surface area contributed by atoms with Gasteiger partial charge in [-0.3, -0.25) is 14.2 Å². The molecule has 1 aliphatic rings. The Kier molecular flexibility index (Phi) is 30.8. The summed E-state index contributed by atoms with van der Waals surface area (Å²) in [4.78, 5) is 38.0. The first-order chi connectivity index (χ1) is 31.5. The Hall–Kier alpha value is -2.35. The number of carbonyl (C=O) groups excluding carboxylic acids is 2. The van der Waals surface area contributed by atoms with Crippen LogP contribution in [0.4, 0.5) is 0 Å². The molecule has 0 radical (unpaired) electrons. The van der Waals surface area contributed by atoms with Crippen LogP contribution < -0.4 is 4.89 Å². The Morgan fingerprint density at radius 2 is 1.35 bits per heavy atom. The first-order valence-electron chi connectivity index (χ1n) is 25.7. The molecule has 1 heterocycles. The summed E-state index contributed by atoms with van der Waals surface area (Å²) >= 11 is 0. The number of allylic oxidation sites excluding steroid dienone is 2. The zero-order valence-electron chi connectivity index (χ0n) is 42.2. The van der Waals surface area contributed by atoms with Gasteiger partial charge >= 0.3 is 11.9 Å². The minimum absolute atomic E-state index is 0.0751. The second kappa shape index (κ2) is 34.0. The van der Waals surface area contributed by atoms with Crippen molar-refractivity contribution in [3.05, 3.63) is 47.0 Å². The van der Waals surface area contributed by atoms with Crippen molar-refractivity contribution in [2.75, 3.05) is 47.5 Å². The van der Waals surface area contributed by atoms with E-state index in [1.807, 2.05) is 39.4 Å². The summed E-state index contributed by atoms with van der Waals surface area (Å²) in [6.07, 6.45) is 26.9. The summed E-state index contributed by atoms with van der Waals surface area (Å²) in [5.41, 5.74) is 2.66. The van der Waals surface area contributed by atoms with Crippen LogP contribution in [0.25, 0.3) is 0 Å². The van der Waals surface area contributed by atoms with Gasteiger partial charge in [-0.05, 0) is 75.8 Å². The number of aliphatic hydroxyl groups excluding tert-OH is 3. The van der Waals surface area contributed by atoms with Crippen molar-refractivity contribution in [2.45, 2.75) is 213 Å². The Bertz CT molecular complexity index is 1570. The van der Waals surface area contributed by atoms with E-state index < -0.39 is 50.8 Å². The van der Waals surface area contributed by atoms with Gasteiger partial charge in [-0.1, -0.05) is 122 Å². The molecule has 7 atom stereocenters. The molecule has 13 nitrogen and oxygen atoms in total.